The molecule has 1 aromatic carbocycles. The number of aliphatic hydroxyl groups is 1. The monoisotopic (exact) mass is 396 g/mol. The molecule has 0 bridgehead atoms. The number of rotatable bonds is 4. The Kier molecular flexibility index (Phi) is 4.86. The van der Waals surface area contributed by atoms with Crippen LogP contribution in [0.1, 0.15) is 48.7 Å². The van der Waals surface area contributed by atoms with Gasteiger partial charge in [0.1, 0.15) is 0 Å². The van der Waals surface area contributed by atoms with Gasteiger partial charge in [0, 0.05) is 43.4 Å². The van der Waals surface area contributed by atoms with Crippen LogP contribution in [0.2, 0.25) is 0 Å². The molecule has 1 saturated carbocycles. The van der Waals surface area contributed by atoms with Gasteiger partial charge >= 0.3 is 0 Å². The van der Waals surface area contributed by atoms with Gasteiger partial charge in [-0.3, -0.25) is 9.59 Å². The molecule has 3 aliphatic rings. The number of fused-ring (bicyclic) bond motifs is 1. The van der Waals surface area contributed by atoms with E-state index in [2.05, 4.69) is 12.2 Å². The maximum atomic E-state index is 12.6. The first-order valence-electron chi connectivity index (χ1n) is 10.1. The van der Waals surface area contributed by atoms with Gasteiger partial charge in [-0.15, -0.1) is 0 Å². The first-order valence-corrected chi connectivity index (χ1v) is 10.1. The van der Waals surface area contributed by atoms with Crippen molar-refractivity contribution in [3.63, 3.8) is 0 Å². The maximum absolute atomic E-state index is 12.6. The van der Waals surface area contributed by atoms with Crippen LogP contribution in [0.4, 0.5) is 5.69 Å². The number of allylic oxidation sites excluding steroid dienone is 2. The molecule has 1 fully saturated rings. The number of nitrogens with two attached hydrogens (primary N) is 1. The predicted octanol–water partition coefficient (Wildman–Crippen LogP) is 1.86. The smallest absolute Gasteiger partial charge is 0.248 e. The van der Waals surface area contributed by atoms with Gasteiger partial charge in [0.2, 0.25) is 11.8 Å². The van der Waals surface area contributed by atoms with E-state index in [0.717, 1.165) is 24.1 Å². The zero-order valence-electron chi connectivity index (χ0n) is 17.0. The summed E-state index contributed by atoms with van der Waals surface area (Å²) in [5, 5.41) is 14.1. The molecule has 0 aromatic heterocycles. The van der Waals surface area contributed by atoms with E-state index in [9.17, 15) is 14.7 Å². The number of anilines is 1. The molecule has 4 N–H and O–H groups in total. The Labute approximate surface area is 170 Å². The van der Waals surface area contributed by atoms with Gasteiger partial charge in [0.05, 0.1) is 11.7 Å². The van der Waals surface area contributed by atoms with Gasteiger partial charge in [0.15, 0.2) is 6.23 Å². The molecular formula is C22H28N4O3. The summed E-state index contributed by atoms with van der Waals surface area (Å²) in [4.78, 5) is 28.0. The van der Waals surface area contributed by atoms with Gasteiger partial charge in [-0.25, -0.2) is 0 Å². The van der Waals surface area contributed by atoms with Crippen LogP contribution in [0.3, 0.4) is 0 Å². The van der Waals surface area contributed by atoms with E-state index in [1.807, 2.05) is 36.4 Å². The van der Waals surface area contributed by atoms with Gasteiger partial charge in [-0.1, -0.05) is 6.92 Å². The minimum Gasteiger partial charge on any atom is -0.377 e. The molecule has 4 rings (SSSR count). The highest BCUT2D eigenvalue weighted by molar-refractivity contribution is 5.97. The van der Waals surface area contributed by atoms with E-state index in [4.69, 9.17) is 5.73 Å². The summed E-state index contributed by atoms with van der Waals surface area (Å²) >= 11 is 0. The third-order valence-electron chi connectivity index (χ3n) is 6.30. The van der Waals surface area contributed by atoms with Crippen LogP contribution in [0.15, 0.2) is 42.2 Å². The van der Waals surface area contributed by atoms with E-state index >= 15 is 0 Å². The maximum Gasteiger partial charge on any atom is 0.248 e. The fraction of sp³-hybridized carbons (Fsp3) is 0.455. The molecule has 7 heteroatoms. The summed E-state index contributed by atoms with van der Waals surface area (Å²) in [5.41, 5.74) is 8.28. The van der Waals surface area contributed by atoms with Gasteiger partial charge in [-0.05, 0) is 54.7 Å². The Morgan fingerprint density at radius 2 is 2.00 bits per heavy atom. The van der Waals surface area contributed by atoms with Crippen molar-refractivity contribution in [1.82, 2.24) is 10.2 Å². The normalized spacial score (nSPS) is 28.6. The van der Waals surface area contributed by atoms with Crippen molar-refractivity contribution in [3.8, 4) is 0 Å². The Bertz CT molecular complexity index is 905. The van der Waals surface area contributed by atoms with Crippen LogP contribution in [-0.4, -0.2) is 41.1 Å². The molecule has 29 heavy (non-hydrogen) atoms. The SMILES string of the molecule is CC(=O)N1c2ccc(C(N)=O)cc2[C@H](NC2=CC=CN(C)C2O)[C@@H](C)[C@@H]1C1CC1. The fourth-order valence-electron chi connectivity index (χ4n) is 4.69. The lowest BCUT2D eigenvalue weighted by Crippen LogP contribution is -2.53. The Morgan fingerprint density at radius 3 is 2.62 bits per heavy atom. The molecule has 154 valence electrons. The number of likely N-dealkylation sites (N-methyl/N-ethyl adjacent to an activating group) is 1. The minimum atomic E-state index is -0.778. The van der Waals surface area contributed by atoms with Gasteiger partial charge < -0.3 is 26.0 Å². The molecule has 1 aliphatic carbocycles. The van der Waals surface area contributed by atoms with Crippen LogP contribution >= 0.6 is 0 Å². The largest absolute Gasteiger partial charge is 0.377 e. The molecule has 2 amide bonds. The second kappa shape index (κ2) is 7.22. The van der Waals surface area contributed by atoms with E-state index in [1.54, 1.807) is 24.0 Å². The number of benzene rings is 1. The van der Waals surface area contributed by atoms with E-state index in [0.29, 0.717) is 17.2 Å². The summed E-state index contributed by atoms with van der Waals surface area (Å²) in [6.07, 6.45) is 6.99. The number of aliphatic hydroxyl groups excluding tert-OH is 1. The first kappa shape index (κ1) is 19.5. The highest BCUT2D eigenvalue weighted by atomic mass is 16.3. The predicted molar refractivity (Wildman–Crippen MR) is 111 cm³/mol. The third kappa shape index (κ3) is 3.40. The molecule has 7 nitrogen and oxygen atoms in total. The van der Waals surface area contributed by atoms with Gasteiger partial charge in [0.25, 0.3) is 0 Å². The van der Waals surface area contributed by atoms with Crippen LogP contribution < -0.4 is 16.0 Å². The number of hydrogen-bond donors (Lipinski definition) is 3. The van der Waals surface area contributed by atoms with Crippen molar-refractivity contribution in [2.24, 2.45) is 17.6 Å². The molecule has 1 unspecified atom stereocenters. The van der Waals surface area contributed by atoms with Gasteiger partial charge in [-0.2, -0.15) is 0 Å². The molecule has 0 spiro atoms. The lowest BCUT2D eigenvalue weighted by atomic mass is 9.79. The average molecular weight is 396 g/mol. The van der Waals surface area contributed by atoms with Crippen molar-refractivity contribution in [3.05, 3.63) is 53.4 Å². The quantitative estimate of drug-likeness (QED) is 0.722. The number of carbonyl (C=O) groups excluding carboxylic acids is 2. The van der Waals surface area contributed by atoms with Crippen LogP contribution in [0.5, 0.6) is 0 Å². The average Bonchev–Trinajstić information content (AvgIpc) is 3.51. The van der Waals surface area contributed by atoms with Crippen molar-refractivity contribution in [1.29, 1.82) is 0 Å². The van der Waals surface area contributed by atoms with Crippen molar-refractivity contribution >= 4 is 17.5 Å². The highest BCUT2D eigenvalue weighted by Gasteiger charge is 2.48. The minimum absolute atomic E-state index is 0.000131. The molecule has 0 saturated heterocycles. The fourth-order valence-corrected chi connectivity index (χ4v) is 4.69. The lowest BCUT2D eigenvalue weighted by molar-refractivity contribution is -0.117. The van der Waals surface area contributed by atoms with Crippen LogP contribution in [-0.2, 0) is 4.79 Å². The lowest BCUT2D eigenvalue weighted by Gasteiger charge is -2.46. The number of nitrogens with zero attached hydrogens (tertiary/aromatic N) is 2. The summed E-state index contributed by atoms with van der Waals surface area (Å²) < 4.78 is 0. The topological polar surface area (TPSA) is 98.9 Å². The number of primary amides is 1. The van der Waals surface area contributed by atoms with Crippen molar-refractivity contribution < 1.29 is 14.7 Å². The summed E-state index contributed by atoms with van der Waals surface area (Å²) in [6.45, 7) is 3.72. The summed E-state index contributed by atoms with van der Waals surface area (Å²) in [6, 6.07) is 5.20. The Hall–Kier alpha value is -2.80. The molecule has 0 radical (unpaired) electrons. The van der Waals surface area contributed by atoms with E-state index in [1.165, 1.54) is 0 Å². The first-order chi connectivity index (χ1) is 13.8. The second-order valence-corrected chi connectivity index (χ2v) is 8.34. The Morgan fingerprint density at radius 1 is 1.28 bits per heavy atom. The second-order valence-electron chi connectivity index (χ2n) is 8.34. The standard InChI is InChI=1S/C22H28N4O3/c1-12-19(24-17-5-4-10-25(3)22(17)29)16-11-15(21(23)28)8-9-18(16)26(13(2)27)20(12)14-6-7-14/h4-5,8-12,14,19-20,22,24,29H,6-7H2,1-3H3,(H2,23,28)/t12-,19-,20-,22?/m1/s1. The summed E-state index contributed by atoms with van der Waals surface area (Å²) in [5.74, 6) is 0.0543. The number of nitrogens with one attached hydrogen (secondary N) is 1. The zero-order valence-corrected chi connectivity index (χ0v) is 17.0. The highest BCUT2D eigenvalue weighted by Crippen LogP contribution is 2.49. The zero-order chi connectivity index (χ0) is 20.9. The molecule has 1 aromatic rings. The molecule has 2 aliphatic heterocycles. The Balaban J connectivity index is 1.81. The molecule has 4 atom stereocenters. The van der Waals surface area contributed by atoms with Crippen molar-refractivity contribution in [2.45, 2.75) is 45.0 Å². The number of hydrogen-bond acceptors (Lipinski definition) is 5. The van der Waals surface area contributed by atoms with Crippen LogP contribution in [0.25, 0.3) is 0 Å². The molecular weight excluding hydrogens is 368 g/mol. The van der Waals surface area contributed by atoms with E-state index in [-0.39, 0.29) is 23.9 Å². The van der Waals surface area contributed by atoms with Crippen molar-refractivity contribution in [2.75, 3.05) is 11.9 Å². The van der Waals surface area contributed by atoms with E-state index < -0.39 is 12.1 Å². The molecule has 2 heterocycles. The summed E-state index contributed by atoms with van der Waals surface area (Å²) in [7, 11) is 1.81. The van der Waals surface area contributed by atoms with Crippen LogP contribution in [0, 0.1) is 11.8 Å². The third-order valence-corrected chi connectivity index (χ3v) is 6.30. The number of amides is 2. The number of carbonyl (C=O) groups is 2.